The fourth-order valence-corrected chi connectivity index (χ4v) is 5.33. The molecule has 0 spiro atoms. The van der Waals surface area contributed by atoms with Crippen LogP contribution in [-0.4, -0.2) is 53.0 Å². The number of nitrogens with zero attached hydrogens (tertiary/aromatic N) is 2. The third-order valence-corrected chi connectivity index (χ3v) is 7.44. The topological polar surface area (TPSA) is 132 Å². The lowest BCUT2D eigenvalue weighted by atomic mass is 9.89. The fraction of sp³-hybridized carbons (Fsp3) is 0.444. The summed E-state index contributed by atoms with van der Waals surface area (Å²) >= 11 is 1.59. The highest BCUT2D eigenvalue weighted by atomic mass is 32.1. The molecule has 1 aliphatic heterocycles. The minimum atomic E-state index is -1.01. The van der Waals surface area contributed by atoms with Gasteiger partial charge in [0.15, 0.2) is 18.0 Å². The highest BCUT2D eigenvalue weighted by molar-refractivity contribution is 7.13. The van der Waals surface area contributed by atoms with Crippen molar-refractivity contribution in [3.8, 4) is 10.4 Å². The van der Waals surface area contributed by atoms with Gasteiger partial charge in [-0.2, -0.15) is 0 Å². The number of nitrogens with one attached hydrogen (secondary N) is 1. The summed E-state index contributed by atoms with van der Waals surface area (Å²) in [7, 11) is 0. The number of rotatable bonds is 11. The number of hydrogen-bond donors (Lipinski definition) is 2. The maximum atomic E-state index is 13.4. The Labute approximate surface area is 221 Å². The standard InChI is InChI=1S/C27H34N4O5S/c1-16(2)24(22(33)14-23(28)36-13-12-32)27(35)31-11-5-6-21(31)26(34)30-17(3)19-7-9-20(10-8-19)25-18(4)29-15-37-25/h7-10,12,14-17,21,24H,5-6,11,13,28H2,1-4H3,(H,30,34)/t17-,21-,24?/m0/s1. The lowest BCUT2D eigenvalue weighted by molar-refractivity contribution is -0.146. The van der Waals surface area contributed by atoms with Gasteiger partial charge in [0.2, 0.25) is 11.8 Å². The third kappa shape index (κ3) is 6.82. The van der Waals surface area contributed by atoms with Gasteiger partial charge < -0.3 is 20.7 Å². The number of amides is 2. The van der Waals surface area contributed by atoms with Gasteiger partial charge in [0.1, 0.15) is 18.6 Å². The molecule has 3 atom stereocenters. The summed E-state index contributed by atoms with van der Waals surface area (Å²) in [5, 5.41) is 3.03. The molecule has 198 valence electrons. The molecule has 3 N–H and O–H groups in total. The highest BCUT2D eigenvalue weighted by Crippen LogP contribution is 2.29. The van der Waals surface area contributed by atoms with Crippen LogP contribution in [-0.2, 0) is 23.9 Å². The van der Waals surface area contributed by atoms with Crippen molar-refractivity contribution >= 4 is 35.2 Å². The number of benzene rings is 1. The van der Waals surface area contributed by atoms with Gasteiger partial charge in [0.05, 0.1) is 22.1 Å². The number of nitrogens with two attached hydrogens (primary N) is 1. The van der Waals surface area contributed by atoms with Crippen molar-refractivity contribution in [3.63, 3.8) is 0 Å². The normalized spacial score (nSPS) is 17.4. The van der Waals surface area contributed by atoms with E-state index in [0.29, 0.717) is 25.7 Å². The predicted molar refractivity (Wildman–Crippen MR) is 141 cm³/mol. The first-order valence-corrected chi connectivity index (χ1v) is 13.2. The molecule has 0 radical (unpaired) electrons. The average Bonchev–Trinajstić information content (AvgIpc) is 3.52. The van der Waals surface area contributed by atoms with Gasteiger partial charge in [0.25, 0.3) is 0 Å². The van der Waals surface area contributed by atoms with Crippen LogP contribution in [0.5, 0.6) is 0 Å². The van der Waals surface area contributed by atoms with Crippen molar-refractivity contribution in [1.29, 1.82) is 0 Å². The van der Waals surface area contributed by atoms with Crippen LogP contribution in [0.4, 0.5) is 0 Å². The van der Waals surface area contributed by atoms with Crippen LogP contribution < -0.4 is 11.1 Å². The molecule has 1 aromatic heterocycles. The zero-order chi connectivity index (χ0) is 27.1. The van der Waals surface area contributed by atoms with E-state index in [2.05, 4.69) is 10.3 Å². The van der Waals surface area contributed by atoms with E-state index < -0.39 is 23.7 Å². The smallest absolute Gasteiger partial charge is 0.243 e. The number of aryl methyl sites for hydroxylation is 1. The molecular weight excluding hydrogens is 492 g/mol. The summed E-state index contributed by atoms with van der Waals surface area (Å²) < 4.78 is 4.93. The molecule has 1 unspecified atom stereocenters. The lowest BCUT2D eigenvalue weighted by Gasteiger charge is -2.29. The van der Waals surface area contributed by atoms with Gasteiger partial charge in [0, 0.05) is 12.6 Å². The molecule has 1 aromatic carbocycles. The van der Waals surface area contributed by atoms with Gasteiger partial charge in [-0.25, -0.2) is 4.98 Å². The van der Waals surface area contributed by atoms with E-state index in [1.54, 1.807) is 25.2 Å². The van der Waals surface area contributed by atoms with Gasteiger partial charge in [-0.15, -0.1) is 11.3 Å². The van der Waals surface area contributed by atoms with Crippen LogP contribution in [0.1, 0.15) is 50.9 Å². The molecule has 2 amide bonds. The fourth-order valence-electron chi connectivity index (χ4n) is 4.51. The predicted octanol–water partition coefficient (Wildman–Crippen LogP) is 3.14. The quantitative estimate of drug-likeness (QED) is 0.199. The zero-order valence-electron chi connectivity index (χ0n) is 21.6. The van der Waals surface area contributed by atoms with Gasteiger partial charge in [-0.3, -0.25) is 19.2 Å². The number of carbonyl (C=O) groups is 4. The SMILES string of the molecule is Cc1ncsc1-c1ccc([C@H](C)NC(=O)[C@@H]2CCCN2C(=O)C(C(=O)C=C(N)OCC=O)C(C)C)cc1. The molecule has 1 aliphatic rings. The van der Waals surface area contributed by atoms with Gasteiger partial charge >= 0.3 is 0 Å². The van der Waals surface area contributed by atoms with E-state index in [-0.39, 0.29) is 30.4 Å². The van der Waals surface area contributed by atoms with Gasteiger partial charge in [-0.05, 0) is 43.7 Å². The Morgan fingerprint density at radius 2 is 1.95 bits per heavy atom. The van der Waals surface area contributed by atoms with E-state index in [0.717, 1.165) is 27.8 Å². The van der Waals surface area contributed by atoms with Crippen LogP contribution in [0.2, 0.25) is 0 Å². The molecule has 10 heteroatoms. The van der Waals surface area contributed by atoms with Crippen LogP contribution in [0.3, 0.4) is 0 Å². The number of aromatic nitrogens is 1. The Kier molecular flexibility index (Phi) is 9.57. The first-order valence-electron chi connectivity index (χ1n) is 12.3. The van der Waals surface area contributed by atoms with E-state index >= 15 is 0 Å². The summed E-state index contributed by atoms with van der Waals surface area (Å²) in [5.41, 5.74) is 10.5. The van der Waals surface area contributed by atoms with E-state index in [9.17, 15) is 19.2 Å². The first-order chi connectivity index (χ1) is 17.6. The van der Waals surface area contributed by atoms with Crippen molar-refractivity contribution in [3.05, 3.63) is 53.0 Å². The Morgan fingerprint density at radius 1 is 1.24 bits per heavy atom. The largest absolute Gasteiger partial charge is 0.472 e. The minimum Gasteiger partial charge on any atom is -0.472 e. The number of allylic oxidation sites excluding steroid dienone is 1. The maximum absolute atomic E-state index is 13.4. The third-order valence-electron chi connectivity index (χ3n) is 6.46. The second-order valence-electron chi connectivity index (χ2n) is 9.46. The molecule has 2 heterocycles. The van der Waals surface area contributed by atoms with Crippen molar-refractivity contribution in [2.75, 3.05) is 13.2 Å². The molecular formula is C27H34N4O5S. The number of thiazole rings is 1. The summed E-state index contributed by atoms with van der Waals surface area (Å²) in [6.07, 6.45) is 2.74. The Hall–Kier alpha value is -3.53. The molecule has 9 nitrogen and oxygen atoms in total. The molecule has 0 aliphatic carbocycles. The summed E-state index contributed by atoms with van der Waals surface area (Å²) in [5.74, 6) is -2.73. The molecule has 0 saturated carbocycles. The molecule has 1 fully saturated rings. The zero-order valence-corrected chi connectivity index (χ0v) is 22.4. The van der Waals surface area contributed by atoms with Crippen LogP contribution in [0.25, 0.3) is 10.4 Å². The summed E-state index contributed by atoms with van der Waals surface area (Å²) in [4.78, 5) is 56.9. The van der Waals surface area contributed by atoms with Crippen molar-refractivity contribution in [2.24, 2.45) is 17.6 Å². The minimum absolute atomic E-state index is 0.225. The first kappa shape index (κ1) is 28.0. The number of aldehydes is 1. The number of hydrogen-bond acceptors (Lipinski definition) is 8. The number of ether oxygens (including phenoxy) is 1. The second kappa shape index (κ2) is 12.6. The highest BCUT2D eigenvalue weighted by Gasteiger charge is 2.40. The van der Waals surface area contributed by atoms with E-state index in [1.165, 1.54) is 4.90 Å². The second-order valence-corrected chi connectivity index (χ2v) is 10.3. The van der Waals surface area contributed by atoms with Crippen molar-refractivity contribution < 1.29 is 23.9 Å². The summed E-state index contributed by atoms with van der Waals surface area (Å²) in [6.45, 7) is 7.52. The van der Waals surface area contributed by atoms with Crippen LogP contribution in [0.15, 0.2) is 41.7 Å². The van der Waals surface area contributed by atoms with Crippen LogP contribution in [0, 0.1) is 18.8 Å². The van der Waals surface area contributed by atoms with Crippen LogP contribution >= 0.6 is 11.3 Å². The molecule has 0 bridgehead atoms. The number of ketones is 1. The van der Waals surface area contributed by atoms with Gasteiger partial charge in [-0.1, -0.05) is 38.1 Å². The monoisotopic (exact) mass is 526 g/mol. The molecule has 37 heavy (non-hydrogen) atoms. The van der Waals surface area contributed by atoms with E-state index in [1.807, 2.05) is 43.6 Å². The number of carbonyl (C=O) groups excluding carboxylic acids is 4. The van der Waals surface area contributed by atoms with Crippen molar-refractivity contribution in [1.82, 2.24) is 15.2 Å². The maximum Gasteiger partial charge on any atom is 0.243 e. The molecule has 2 aromatic rings. The Bertz CT molecular complexity index is 1160. The molecule has 3 rings (SSSR count). The number of likely N-dealkylation sites (tertiary alicyclic amines) is 1. The van der Waals surface area contributed by atoms with E-state index in [4.69, 9.17) is 10.5 Å². The average molecular weight is 527 g/mol. The lowest BCUT2D eigenvalue weighted by Crippen LogP contribution is -2.50. The Morgan fingerprint density at radius 3 is 2.54 bits per heavy atom. The summed E-state index contributed by atoms with van der Waals surface area (Å²) in [6, 6.07) is 7.07. The molecule has 1 saturated heterocycles. The Balaban J connectivity index is 1.68. The van der Waals surface area contributed by atoms with Crippen molar-refractivity contribution in [2.45, 2.75) is 52.6 Å².